The summed E-state index contributed by atoms with van der Waals surface area (Å²) >= 11 is 0.922. The van der Waals surface area contributed by atoms with Crippen molar-refractivity contribution in [2.75, 3.05) is 6.61 Å². The molecule has 1 heterocycles. The number of allylic oxidation sites excluding steroid dienone is 1. The van der Waals surface area contributed by atoms with Crippen molar-refractivity contribution in [3.05, 3.63) is 86.1 Å². The van der Waals surface area contributed by atoms with Crippen molar-refractivity contribution < 1.29 is 18.9 Å². The van der Waals surface area contributed by atoms with Crippen LogP contribution in [-0.4, -0.2) is 17.3 Å². The molecule has 2 aromatic carbocycles. The van der Waals surface area contributed by atoms with E-state index in [1.165, 1.54) is 42.5 Å². The second-order valence-corrected chi connectivity index (χ2v) is 6.37. The number of nitro benzene ring substituents is 1. The predicted molar refractivity (Wildman–Crippen MR) is 103 cm³/mol. The summed E-state index contributed by atoms with van der Waals surface area (Å²) in [4.78, 5) is 33.8. The van der Waals surface area contributed by atoms with Crippen LogP contribution < -0.4 is 9.68 Å². The Bertz CT molecular complexity index is 1110. The van der Waals surface area contributed by atoms with E-state index in [0.29, 0.717) is 21.6 Å². The van der Waals surface area contributed by atoms with Crippen LogP contribution in [0.3, 0.4) is 0 Å². The largest absolute Gasteiger partial charge is 0.489 e. The third kappa shape index (κ3) is 4.18. The maximum absolute atomic E-state index is 12.6. The first-order chi connectivity index (χ1) is 13.0. The Morgan fingerprint density at radius 3 is 2.70 bits per heavy atom. The van der Waals surface area contributed by atoms with Crippen LogP contribution in [0.15, 0.2) is 64.3 Å². The standard InChI is InChI=1S/C19H13NO6S/c1-2-9-25-16-11-18-17(26-19(22)27-18)10-14(16)15(21)8-5-12-3-6-13(7-4-12)20(23)24/h2-8,10-11H,1,9H2/b8-5+. The summed E-state index contributed by atoms with van der Waals surface area (Å²) in [6.07, 6.45) is 4.41. The van der Waals surface area contributed by atoms with Crippen LogP contribution in [0.2, 0.25) is 0 Å². The predicted octanol–water partition coefficient (Wildman–Crippen LogP) is 4.22. The van der Waals surface area contributed by atoms with Gasteiger partial charge in [-0.1, -0.05) is 30.1 Å². The first-order valence-corrected chi connectivity index (χ1v) is 8.58. The Balaban J connectivity index is 1.91. The molecule has 0 aliphatic rings. The summed E-state index contributed by atoms with van der Waals surface area (Å²) in [5, 5.41) is 10.7. The molecule has 0 amide bonds. The number of fused-ring (bicyclic) bond motifs is 1. The van der Waals surface area contributed by atoms with Gasteiger partial charge >= 0.3 is 4.94 Å². The maximum atomic E-state index is 12.6. The molecule has 1 aromatic heterocycles. The van der Waals surface area contributed by atoms with Crippen LogP contribution >= 0.6 is 11.3 Å². The van der Waals surface area contributed by atoms with Gasteiger partial charge in [-0.15, -0.1) is 0 Å². The van der Waals surface area contributed by atoms with Crippen molar-refractivity contribution in [1.29, 1.82) is 0 Å². The second-order valence-electron chi connectivity index (χ2n) is 5.40. The molecule has 0 N–H and O–H groups in total. The highest BCUT2D eigenvalue weighted by Crippen LogP contribution is 2.29. The van der Waals surface area contributed by atoms with Crippen LogP contribution in [0.5, 0.6) is 5.75 Å². The fourth-order valence-electron chi connectivity index (χ4n) is 2.33. The lowest BCUT2D eigenvalue weighted by Gasteiger charge is -2.07. The van der Waals surface area contributed by atoms with E-state index >= 15 is 0 Å². The molecule has 0 fully saturated rings. The third-order valence-electron chi connectivity index (χ3n) is 3.59. The first-order valence-electron chi connectivity index (χ1n) is 7.76. The van der Waals surface area contributed by atoms with Gasteiger partial charge in [-0.2, -0.15) is 0 Å². The van der Waals surface area contributed by atoms with Crippen molar-refractivity contribution >= 4 is 39.2 Å². The smallest absolute Gasteiger partial charge is 0.396 e. The highest BCUT2D eigenvalue weighted by Gasteiger charge is 2.15. The number of ketones is 1. The Morgan fingerprint density at radius 1 is 1.30 bits per heavy atom. The molecule has 0 radical (unpaired) electrons. The van der Waals surface area contributed by atoms with Crippen molar-refractivity contribution in [2.45, 2.75) is 0 Å². The second kappa shape index (κ2) is 7.79. The molecule has 3 aromatic rings. The molecule has 3 rings (SSSR count). The maximum Gasteiger partial charge on any atom is 0.396 e. The van der Waals surface area contributed by atoms with Gasteiger partial charge in [0.15, 0.2) is 11.4 Å². The van der Waals surface area contributed by atoms with Gasteiger partial charge in [-0.05, 0) is 29.8 Å². The van der Waals surface area contributed by atoms with Crippen molar-refractivity contribution in [3.63, 3.8) is 0 Å². The number of carbonyl (C=O) groups is 1. The van der Waals surface area contributed by atoms with Crippen molar-refractivity contribution in [2.24, 2.45) is 0 Å². The van der Waals surface area contributed by atoms with Crippen molar-refractivity contribution in [3.8, 4) is 5.75 Å². The number of benzene rings is 2. The minimum atomic E-state index is -0.494. The van der Waals surface area contributed by atoms with Gasteiger partial charge in [0.1, 0.15) is 12.4 Å². The summed E-state index contributed by atoms with van der Waals surface area (Å²) in [7, 11) is 0. The first kappa shape index (κ1) is 18.3. The lowest BCUT2D eigenvalue weighted by Crippen LogP contribution is -2.02. The molecule has 0 unspecified atom stereocenters. The molecule has 136 valence electrons. The van der Waals surface area contributed by atoms with Gasteiger partial charge in [-0.3, -0.25) is 14.9 Å². The van der Waals surface area contributed by atoms with Crippen LogP contribution in [0, 0.1) is 10.1 Å². The Labute approximate surface area is 157 Å². The normalized spacial score (nSPS) is 11.0. The van der Waals surface area contributed by atoms with Gasteiger partial charge in [0, 0.05) is 18.2 Å². The van der Waals surface area contributed by atoms with E-state index in [-0.39, 0.29) is 23.6 Å². The number of hydrogen-bond acceptors (Lipinski definition) is 7. The topological polar surface area (TPSA) is 99.7 Å². The zero-order valence-corrected chi connectivity index (χ0v) is 14.7. The van der Waals surface area contributed by atoms with E-state index < -0.39 is 9.86 Å². The number of nitro groups is 1. The van der Waals surface area contributed by atoms with Gasteiger partial charge in [0.05, 0.1) is 15.2 Å². The molecule has 0 saturated carbocycles. The average molecular weight is 383 g/mol. The van der Waals surface area contributed by atoms with E-state index in [0.717, 1.165) is 11.3 Å². The quantitative estimate of drug-likeness (QED) is 0.199. The van der Waals surface area contributed by atoms with Crippen LogP contribution in [0.4, 0.5) is 5.69 Å². The molecule has 0 atom stereocenters. The van der Waals surface area contributed by atoms with E-state index in [1.54, 1.807) is 12.1 Å². The molecular formula is C19H13NO6S. The molecule has 7 nitrogen and oxygen atoms in total. The minimum absolute atomic E-state index is 0.0310. The zero-order valence-electron chi connectivity index (χ0n) is 13.9. The summed E-state index contributed by atoms with van der Waals surface area (Å²) in [6, 6.07) is 8.84. The van der Waals surface area contributed by atoms with Crippen molar-refractivity contribution in [1.82, 2.24) is 0 Å². The molecule has 0 saturated heterocycles. The fourth-order valence-corrected chi connectivity index (χ4v) is 3.01. The van der Waals surface area contributed by atoms with Crippen LogP contribution in [0.1, 0.15) is 15.9 Å². The zero-order chi connectivity index (χ0) is 19.4. The highest BCUT2D eigenvalue weighted by atomic mass is 32.1. The van der Waals surface area contributed by atoms with E-state index in [4.69, 9.17) is 9.15 Å². The molecule has 0 bridgehead atoms. The number of non-ortho nitro benzene ring substituents is 1. The number of rotatable bonds is 7. The van der Waals surface area contributed by atoms with E-state index in [2.05, 4.69) is 6.58 Å². The molecule has 0 aliphatic heterocycles. The van der Waals surface area contributed by atoms with Gasteiger partial charge in [0.2, 0.25) is 0 Å². The SMILES string of the molecule is C=CCOc1cc2sc(=O)oc2cc1C(=O)/C=C/c1ccc([N+](=O)[O-])cc1. The van der Waals surface area contributed by atoms with E-state index in [1.807, 2.05) is 0 Å². The monoisotopic (exact) mass is 383 g/mol. The summed E-state index contributed by atoms with van der Waals surface area (Å²) < 4.78 is 11.2. The van der Waals surface area contributed by atoms with Gasteiger partial charge in [0.25, 0.3) is 5.69 Å². The van der Waals surface area contributed by atoms with Gasteiger partial charge < -0.3 is 9.15 Å². The lowest BCUT2D eigenvalue weighted by molar-refractivity contribution is -0.384. The highest BCUT2D eigenvalue weighted by molar-refractivity contribution is 7.16. The fraction of sp³-hybridized carbons (Fsp3) is 0.0526. The van der Waals surface area contributed by atoms with Crippen LogP contribution in [-0.2, 0) is 0 Å². The Morgan fingerprint density at radius 2 is 2.04 bits per heavy atom. The van der Waals surface area contributed by atoms with Gasteiger partial charge in [-0.25, -0.2) is 4.79 Å². The molecule has 8 heteroatoms. The number of nitrogens with zero attached hydrogens (tertiary/aromatic N) is 1. The summed E-state index contributed by atoms with van der Waals surface area (Å²) in [5.74, 6) is -0.0408. The third-order valence-corrected chi connectivity index (χ3v) is 4.37. The Kier molecular flexibility index (Phi) is 5.28. The molecule has 0 spiro atoms. The number of hydrogen-bond donors (Lipinski definition) is 0. The van der Waals surface area contributed by atoms with Crippen LogP contribution in [0.25, 0.3) is 16.4 Å². The lowest BCUT2D eigenvalue weighted by atomic mass is 10.1. The summed E-state index contributed by atoms with van der Waals surface area (Å²) in [6.45, 7) is 3.77. The molecule has 0 aliphatic carbocycles. The summed E-state index contributed by atoms with van der Waals surface area (Å²) in [5.41, 5.74) is 1.15. The number of carbonyl (C=O) groups excluding carboxylic acids is 1. The average Bonchev–Trinajstić information content (AvgIpc) is 3.02. The Hall–Kier alpha value is -3.52. The van der Waals surface area contributed by atoms with E-state index in [9.17, 15) is 19.7 Å². The molecule has 27 heavy (non-hydrogen) atoms. The minimum Gasteiger partial charge on any atom is -0.489 e. The number of ether oxygens (including phenoxy) is 1. The molecular weight excluding hydrogens is 370 g/mol.